The Morgan fingerprint density at radius 3 is 2.72 bits per heavy atom. The Morgan fingerprint density at radius 1 is 1.25 bits per heavy atom. The number of amides is 1. The lowest BCUT2D eigenvalue weighted by Gasteiger charge is -2.27. The van der Waals surface area contributed by atoms with Crippen molar-refractivity contribution in [2.24, 2.45) is 7.05 Å². The lowest BCUT2D eigenvalue weighted by atomic mass is 9.87. The van der Waals surface area contributed by atoms with Crippen molar-refractivity contribution in [1.82, 2.24) is 9.55 Å². The Morgan fingerprint density at radius 2 is 2.00 bits per heavy atom. The van der Waals surface area contributed by atoms with Crippen molar-refractivity contribution in [2.45, 2.75) is 24.1 Å². The fourth-order valence-corrected chi connectivity index (χ4v) is 4.35. The average Bonchev–Trinajstić information content (AvgIpc) is 2.79. The van der Waals surface area contributed by atoms with Gasteiger partial charge in [0.05, 0.1) is 5.56 Å². The number of fused-ring (bicyclic) bond motifs is 1. The predicted molar refractivity (Wildman–Crippen MR) is 123 cm³/mol. The van der Waals surface area contributed by atoms with Crippen molar-refractivity contribution in [2.75, 3.05) is 11.1 Å². The first-order valence-corrected chi connectivity index (χ1v) is 11.1. The minimum atomic E-state index is -0.413. The molecular formula is C24H22FN3O3S. The SMILES string of the molecule is C=CCSc1nc(=O)c2c(n1C)NC(=O)CC2c1ccc(OCc2ccccc2F)cc1. The normalized spacial score (nSPS) is 15.1. The van der Waals surface area contributed by atoms with Crippen LogP contribution in [0.1, 0.15) is 29.0 Å². The van der Waals surface area contributed by atoms with E-state index in [0.717, 1.165) is 5.56 Å². The van der Waals surface area contributed by atoms with Gasteiger partial charge in [-0.25, -0.2) is 4.39 Å². The Labute approximate surface area is 189 Å². The van der Waals surface area contributed by atoms with E-state index in [0.29, 0.717) is 33.6 Å². The third-order valence-electron chi connectivity index (χ3n) is 5.27. The highest BCUT2D eigenvalue weighted by atomic mass is 32.2. The Bertz CT molecular complexity index is 1220. The lowest BCUT2D eigenvalue weighted by molar-refractivity contribution is -0.116. The average molecular weight is 452 g/mol. The molecule has 2 heterocycles. The van der Waals surface area contributed by atoms with Gasteiger partial charge < -0.3 is 14.6 Å². The zero-order valence-corrected chi connectivity index (χ0v) is 18.3. The van der Waals surface area contributed by atoms with Gasteiger partial charge in [0.2, 0.25) is 5.91 Å². The summed E-state index contributed by atoms with van der Waals surface area (Å²) >= 11 is 1.38. The number of aromatic nitrogens is 2. The second-order valence-corrected chi connectivity index (χ2v) is 8.36. The maximum Gasteiger partial charge on any atom is 0.279 e. The minimum Gasteiger partial charge on any atom is -0.489 e. The molecule has 6 nitrogen and oxygen atoms in total. The third kappa shape index (κ3) is 4.45. The molecule has 1 amide bonds. The standard InChI is InChI=1S/C24H22FN3O3S/c1-3-12-32-24-27-23(30)21-18(13-20(29)26-22(21)28(24)2)15-8-10-17(11-9-15)31-14-16-6-4-5-7-19(16)25/h3-11,18H,1,12-14H2,2H3,(H,26,29). The summed E-state index contributed by atoms with van der Waals surface area (Å²) in [5, 5.41) is 3.35. The van der Waals surface area contributed by atoms with E-state index in [2.05, 4.69) is 16.9 Å². The van der Waals surface area contributed by atoms with Crippen molar-refractivity contribution < 1.29 is 13.9 Å². The van der Waals surface area contributed by atoms with Crippen LogP contribution in [0, 0.1) is 5.82 Å². The Kier molecular flexibility index (Phi) is 6.41. The summed E-state index contributed by atoms with van der Waals surface area (Å²) in [6.07, 6.45) is 1.88. The number of benzene rings is 2. The highest BCUT2D eigenvalue weighted by Crippen LogP contribution is 2.36. The van der Waals surface area contributed by atoms with Crippen LogP contribution in [0.2, 0.25) is 0 Å². The summed E-state index contributed by atoms with van der Waals surface area (Å²) in [5.41, 5.74) is 1.39. The van der Waals surface area contributed by atoms with Crippen LogP contribution >= 0.6 is 11.8 Å². The maximum absolute atomic E-state index is 13.8. The maximum atomic E-state index is 13.8. The molecule has 1 aromatic heterocycles. The van der Waals surface area contributed by atoms with Crippen molar-refractivity contribution in [3.8, 4) is 5.75 Å². The van der Waals surface area contributed by atoms with Gasteiger partial charge in [0.15, 0.2) is 5.16 Å². The number of hydrogen-bond donors (Lipinski definition) is 1. The molecule has 3 aromatic rings. The van der Waals surface area contributed by atoms with Gasteiger partial charge in [0, 0.05) is 30.7 Å². The van der Waals surface area contributed by atoms with Crippen molar-refractivity contribution >= 4 is 23.5 Å². The summed E-state index contributed by atoms with van der Waals surface area (Å²) in [5.74, 6) is 0.748. The molecule has 1 aliphatic heterocycles. The monoisotopic (exact) mass is 451 g/mol. The molecule has 1 unspecified atom stereocenters. The van der Waals surface area contributed by atoms with Crippen molar-refractivity contribution in [3.63, 3.8) is 0 Å². The van der Waals surface area contributed by atoms with Gasteiger partial charge in [-0.2, -0.15) is 4.98 Å². The summed E-state index contributed by atoms with van der Waals surface area (Å²) in [4.78, 5) is 29.5. The lowest BCUT2D eigenvalue weighted by Crippen LogP contribution is -2.33. The molecule has 1 aliphatic rings. The van der Waals surface area contributed by atoms with Crippen LogP contribution in [0.4, 0.5) is 10.2 Å². The van der Waals surface area contributed by atoms with E-state index in [-0.39, 0.29) is 30.3 Å². The topological polar surface area (TPSA) is 73.2 Å². The molecule has 8 heteroatoms. The van der Waals surface area contributed by atoms with Crippen LogP contribution in [0.25, 0.3) is 0 Å². The third-order valence-corrected chi connectivity index (χ3v) is 6.29. The van der Waals surface area contributed by atoms with Crippen LogP contribution < -0.4 is 15.6 Å². The number of nitrogens with zero attached hydrogens (tertiary/aromatic N) is 2. The van der Waals surface area contributed by atoms with Gasteiger partial charge in [-0.1, -0.05) is 48.2 Å². The van der Waals surface area contributed by atoms with Crippen LogP contribution in [-0.4, -0.2) is 21.2 Å². The summed E-state index contributed by atoms with van der Waals surface area (Å²) in [6, 6.07) is 13.6. The van der Waals surface area contributed by atoms with E-state index in [4.69, 9.17) is 4.74 Å². The number of nitrogens with one attached hydrogen (secondary N) is 1. The first kappa shape index (κ1) is 21.8. The molecule has 0 radical (unpaired) electrons. The van der Waals surface area contributed by atoms with Crippen LogP contribution in [0.5, 0.6) is 5.75 Å². The second-order valence-electron chi connectivity index (χ2n) is 7.37. The molecule has 1 atom stereocenters. The molecular weight excluding hydrogens is 429 g/mol. The van der Waals surface area contributed by atoms with E-state index in [9.17, 15) is 14.0 Å². The summed E-state index contributed by atoms with van der Waals surface area (Å²) < 4.78 is 21.2. The number of thioether (sulfide) groups is 1. The van der Waals surface area contributed by atoms with Crippen molar-refractivity contribution in [3.05, 3.63) is 94.0 Å². The van der Waals surface area contributed by atoms with E-state index in [1.807, 2.05) is 12.1 Å². The van der Waals surface area contributed by atoms with Crippen LogP contribution in [0.3, 0.4) is 0 Å². The summed E-state index contributed by atoms with van der Waals surface area (Å²) in [6.45, 7) is 3.79. The molecule has 0 spiro atoms. The molecule has 1 N–H and O–H groups in total. The van der Waals surface area contributed by atoms with Gasteiger partial charge in [0.1, 0.15) is 24.0 Å². The number of hydrogen-bond acceptors (Lipinski definition) is 5. The van der Waals surface area contributed by atoms with Gasteiger partial charge in [-0.15, -0.1) is 6.58 Å². The Hall–Kier alpha value is -3.39. The highest BCUT2D eigenvalue weighted by molar-refractivity contribution is 7.99. The Balaban J connectivity index is 1.60. The molecule has 0 saturated heterocycles. The molecule has 0 bridgehead atoms. The van der Waals surface area contributed by atoms with Crippen LogP contribution in [0.15, 0.2) is 71.1 Å². The number of rotatable bonds is 7. The molecule has 0 aliphatic carbocycles. The minimum absolute atomic E-state index is 0.107. The fraction of sp³-hybridized carbons (Fsp3) is 0.208. The predicted octanol–water partition coefficient (Wildman–Crippen LogP) is 4.25. The molecule has 4 rings (SSSR count). The van der Waals surface area contributed by atoms with Crippen molar-refractivity contribution in [1.29, 1.82) is 0 Å². The van der Waals surface area contributed by atoms with Gasteiger partial charge in [0.25, 0.3) is 5.56 Å². The molecule has 0 saturated carbocycles. The fourth-order valence-electron chi connectivity index (χ4n) is 3.66. The van der Waals surface area contributed by atoms with E-state index in [1.54, 1.807) is 48.0 Å². The zero-order valence-electron chi connectivity index (χ0n) is 17.5. The molecule has 164 valence electrons. The van der Waals surface area contributed by atoms with Crippen LogP contribution in [-0.2, 0) is 18.4 Å². The smallest absolute Gasteiger partial charge is 0.279 e. The number of halogens is 1. The van der Waals surface area contributed by atoms with E-state index in [1.165, 1.54) is 17.8 Å². The van der Waals surface area contributed by atoms with E-state index >= 15 is 0 Å². The highest BCUT2D eigenvalue weighted by Gasteiger charge is 2.32. The quantitative estimate of drug-likeness (QED) is 0.330. The first-order valence-electron chi connectivity index (χ1n) is 10.1. The molecule has 0 fully saturated rings. The largest absolute Gasteiger partial charge is 0.489 e. The van der Waals surface area contributed by atoms with Gasteiger partial charge in [-0.3, -0.25) is 9.59 Å². The number of anilines is 1. The van der Waals surface area contributed by atoms with E-state index < -0.39 is 5.92 Å². The van der Waals surface area contributed by atoms with Gasteiger partial charge >= 0.3 is 0 Å². The number of carbonyl (C=O) groups excluding carboxylic acids is 1. The summed E-state index contributed by atoms with van der Waals surface area (Å²) in [7, 11) is 1.78. The zero-order chi connectivity index (χ0) is 22.7. The second kappa shape index (κ2) is 9.40. The number of ether oxygens (including phenoxy) is 1. The molecule has 32 heavy (non-hydrogen) atoms. The molecule has 2 aromatic carbocycles. The van der Waals surface area contributed by atoms with Gasteiger partial charge in [-0.05, 0) is 23.8 Å². The first-order chi connectivity index (χ1) is 15.5. The number of carbonyl (C=O) groups is 1.